The van der Waals surface area contributed by atoms with Gasteiger partial charge in [0.15, 0.2) is 6.23 Å². The number of methoxy groups -OCH3 is 2. The Morgan fingerprint density at radius 1 is 1.22 bits per heavy atom. The molecule has 1 unspecified atom stereocenters. The van der Waals surface area contributed by atoms with Crippen LogP contribution in [0.5, 0.6) is 5.75 Å². The van der Waals surface area contributed by atoms with Crippen molar-refractivity contribution in [1.29, 1.82) is 0 Å². The molecule has 6 nitrogen and oxygen atoms in total. The standard InChI is InChI=1S/C20H21ClN2O4/c1-4-27-20(24)16-17(21)18-15(6-5-11-22-18)23(19(16)26-3)12-13-7-9-14(25-2)10-8-13/h5-11,19H,4,12H2,1-3H3. The molecule has 0 radical (unpaired) electrons. The molecule has 27 heavy (non-hydrogen) atoms. The van der Waals surface area contributed by atoms with E-state index in [2.05, 4.69) is 4.98 Å². The number of esters is 1. The predicted octanol–water partition coefficient (Wildman–Crippen LogP) is 3.60. The van der Waals surface area contributed by atoms with Crippen molar-refractivity contribution in [3.05, 3.63) is 59.4 Å². The van der Waals surface area contributed by atoms with E-state index in [0.717, 1.165) is 17.0 Å². The zero-order valence-corrected chi connectivity index (χ0v) is 16.2. The van der Waals surface area contributed by atoms with Crippen LogP contribution in [0.15, 0.2) is 48.2 Å². The zero-order chi connectivity index (χ0) is 19.4. The average molecular weight is 389 g/mol. The Labute approximate surface area is 163 Å². The molecule has 142 valence electrons. The molecule has 0 spiro atoms. The molecule has 1 aromatic carbocycles. The van der Waals surface area contributed by atoms with Crippen molar-refractivity contribution < 1.29 is 19.0 Å². The Hall–Kier alpha value is -2.57. The Morgan fingerprint density at radius 2 is 1.96 bits per heavy atom. The van der Waals surface area contributed by atoms with Gasteiger partial charge in [-0.3, -0.25) is 4.98 Å². The first kappa shape index (κ1) is 19.2. The smallest absolute Gasteiger partial charge is 0.340 e. The third-order valence-corrected chi connectivity index (χ3v) is 4.68. The van der Waals surface area contributed by atoms with Gasteiger partial charge in [0.05, 0.1) is 24.4 Å². The first-order valence-corrected chi connectivity index (χ1v) is 8.93. The van der Waals surface area contributed by atoms with E-state index in [-0.39, 0.29) is 17.2 Å². The van der Waals surface area contributed by atoms with Crippen molar-refractivity contribution in [1.82, 2.24) is 4.98 Å². The third kappa shape index (κ3) is 3.77. The number of rotatable bonds is 6. The molecule has 0 amide bonds. The van der Waals surface area contributed by atoms with Crippen molar-refractivity contribution in [2.45, 2.75) is 19.7 Å². The van der Waals surface area contributed by atoms with Crippen LogP contribution in [0.3, 0.4) is 0 Å². The SMILES string of the molecule is CCOC(=O)C1=C(Cl)c2ncccc2N(Cc2ccc(OC)cc2)C1OC. The Kier molecular flexibility index (Phi) is 5.98. The normalized spacial score (nSPS) is 16.1. The van der Waals surface area contributed by atoms with Crippen LogP contribution in [0, 0.1) is 0 Å². The second-order valence-electron chi connectivity index (χ2n) is 5.88. The molecule has 2 heterocycles. The monoisotopic (exact) mass is 388 g/mol. The zero-order valence-electron chi connectivity index (χ0n) is 15.4. The predicted molar refractivity (Wildman–Crippen MR) is 104 cm³/mol. The lowest BCUT2D eigenvalue weighted by Gasteiger charge is -2.38. The van der Waals surface area contributed by atoms with Gasteiger partial charge in [-0.05, 0) is 36.8 Å². The third-order valence-electron chi connectivity index (χ3n) is 4.30. The molecular weight excluding hydrogens is 368 g/mol. The van der Waals surface area contributed by atoms with E-state index in [1.54, 1.807) is 20.2 Å². The highest BCUT2D eigenvalue weighted by Crippen LogP contribution is 2.40. The van der Waals surface area contributed by atoms with Crippen LogP contribution in [-0.4, -0.2) is 38.0 Å². The highest BCUT2D eigenvalue weighted by atomic mass is 35.5. The Bertz CT molecular complexity index is 851. The number of pyridine rings is 1. The average Bonchev–Trinajstić information content (AvgIpc) is 2.70. The van der Waals surface area contributed by atoms with Gasteiger partial charge in [-0.15, -0.1) is 0 Å². The lowest BCUT2D eigenvalue weighted by atomic mass is 10.0. The Morgan fingerprint density at radius 3 is 2.59 bits per heavy atom. The number of hydrogen-bond donors (Lipinski definition) is 0. The second-order valence-corrected chi connectivity index (χ2v) is 6.26. The van der Waals surface area contributed by atoms with Crippen molar-refractivity contribution in [3.8, 4) is 5.75 Å². The quantitative estimate of drug-likeness (QED) is 0.705. The van der Waals surface area contributed by atoms with E-state index in [1.807, 2.05) is 41.3 Å². The number of anilines is 1. The van der Waals surface area contributed by atoms with Gasteiger partial charge in [0.2, 0.25) is 0 Å². The van der Waals surface area contributed by atoms with E-state index < -0.39 is 12.2 Å². The minimum absolute atomic E-state index is 0.247. The molecule has 1 atom stereocenters. The molecular formula is C20H21ClN2O4. The fourth-order valence-electron chi connectivity index (χ4n) is 3.06. The molecule has 0 aliphatic carbocycles. The molecule has 0 N–H and O–H groups in total. The minimum Gasteiger partial charge on any atom is -0.497 e. The molecule has 1 aliphatic heterocycles. The van der Waals surface area contributed by atoms with Crippen LogP contribution in [-0.2, 0) is 20.8 Å². The summed E-state index contributed by atoms with van der Waals surface area (Å²) in [5, 5.41) is 0.252. The highest BCUT2D eigenvalue weighted by Gasteiger charge is 2.38. The summed E-state index contributed by atoms with van der Waals surface area (Å²) in [6.07, 6.45) is 0.957. The van der Waals surface area contributed by atoms with Gasteiger partial charge in [-0.25, -0.2) is 4.79 Å². The topological polar surface area (TPSA) is 60.9 Å². The number of benzene rings is 1. The first-order chi connectivity index (χ1) is 13.1. The van der Waals surface area contributed by atoms with Crippen molar-refractivity contribution in [2.24, 2.45) is 0 Å². The number of carbonyl (C=O) groups is 1. The molecule has 0 fully saturated rings. The van der Waals surface area contributed by atoms with E-state index in [0.29, 0.717) is 12.2 Å². The molecule has 0 bridgehead atoms. The summed E-state index contributed by atoms with van der Waals surface area (Å²) in [5.41, 5.74) is 2.59. The fourth-order valence-corrected chi connectivity index (χ4v) is 3.37. The van der Waals surface area contributed by atoms with Crippen molar-refractivity contribution in [3.63, 3.8) is 0 Å². The van der Waals surface area contributed by atoms with Gasteiger partial charge < -0.3 is 19.1 Å². The van der Waals surface area contributed by atoms with E-state index in [1.165, 1.54) is 7.11 Å². The van der Waals surface area contributed by atoms with Gasteiger partial charge in [0.1, 0.15) is 17.0 Å². The molecule has 7 heteroatoms. The lowest BCUT2D eigenvalue weighted by Crippen LogP contribution is -2.43. The van der Waals surface area contributed by atoms with Gasteiger partial charge in [-0.1, -0.05) is 23.7 Å². The number of aromatic nitrogens is 1. The number of carbonyl (C=O) groups excluding carboxylic acids is 1. The van der Waals surface area contributed by atoms with E-state index in [9.17, 15) is 4.79 Å². The summed E-state index contributed by atoms with van der Waals surface area (Å²) in [6.45, 7) is 2.49. The van der Waals surface area contributed by atoms with Crippen LogP contribution in [0.2, 0.25) is 0 Å². The van der Waals surface area contributed by atoms with Gasteiger partial charge in [0, 0.05) is 19.9 Å². The van der Waals surface area contributed by atoms with Crippen LogP contribution in [0.4, 0.5) is 5.69 Å². The van der Waals surface area contributed by atoms with Gasteiger partial charge in [0.25, 0.3) is 0 Å². The number of hydrogen-bond acceptors (Lipinski definition) is 6. The number of fused-ring (bicyclic) bond motifs is 1. The minimum atomic E-state index is -0.685. The maximum atomic E-state index is 12.6. The maximum Gasteiger partial charge on any atom is 0.340 e. The number of halogens is 1. The molecule has 1 aliphatic rings. The summed E-state index contributed by atoms with van der Waals surface area (Å²) in [7, 11) is 3.16. The molecule has 0 saturated heterocycles. The summed E-state index contributed by atoms with van der Waals surface area (Å²) < 4.78 is 16.1. The second kappa shape index (κ2) is 8.41. The fraction of sp³-hybridized carbons (Fsp3) is 0.300. The summed E-state index contributed by atoms with van der Waals surface area (Å²) in [6, 6.07) is 11.4. The van der Waals surface area contributed by atoms with E-state index >= 15 is 0 Å². The highest BCUT2D eigenvalue weighted by molar-refractivity contribution is 6.51. The molecule has 3 rings (SSSR count). The Balaban J connectivity index is 2.04. The molecule has 0 saturated carbocycles. The first-order valence-electron chi connectivity index (χ1n) is 8.55. The van der Waals surface area contributed by atoms with Crippen LogP contribution >= 0.6 is 11.6 Å². The largest absolute Gasteiger partial charge is 0.497 e. The van der Waals surface area contributed by atoms with Crippen LogP contribution < -0.4 is 9.64 Å². The summed E-state index contributed by atoms with van der Waals surface area (Å²) in [5.74, 6) is 0.267. The lowest BCUT2D eigenvalue weighted by molar-refractivity contribution is -0.139. The molecule has 1 aromatic heterocycles. The van der Waals surface area contributed by atoms with Gasteiger partial charge in [-0.2, -0.15) is 0 Å². The van der Waals surface area contributed by atoms with Crippen molar-refractivity contribution in [2.75, 3.05) is 25.7 Å². The van der Waals surface area contributed by atoms with Crippen LogP contribution in [0.1, 0.15) is 18.2 Å². The number of ether oxygens (including phenoxy) is 3. The maximum absolute atomic E-state index is 12.6. The van der Waals surface area contributed by atoms with Gasteiger partial charge >= 0.3 is 5.97 Å². The van der Waals surface area contributed by atoms with E-state index in [4.69, 9.17) is 25.8 Å². The summed E-state index contributed by atoms with van der Waals surface area (Å²) in [4.78, 5) is 18.9. The summed E-state index contributed by atoms with van der Waals surface area (Å²) >= 11 is 6.52. The number of nitrogens with zero attached hydrogens (tertiary/aromatic N) is 2. The van der Waals surface area contributed by atoms with Crippen LogP contribution in [0.25, 0.3) is 5.03 Å². The molecule has 2 aromatic rings. The van der Waals surface area contributed by atoms with Crippen molar-refractivity contribution >= 4 is 28.3 Å².